The highest BCUT2D eigenvalue weighted by Crippen LogP contribution is 2.28. The largest absolute Gasteiger partial charge is 0.497 e. The van der Waals surface area contributed by atoms with Gasteiger partial charge in [0.05, 0.1) is 12.8 Å². The van der Waals surface area contributed by atoms with E-state index in [-0.39, 0.29) is 17.6 Å². The smallest absolute Gasteiger partial charge is 0.251 e. The van der Waals surface area contributed by atoms with Crippen LogP contribution in [0.15, 0.2) is 72.8 Å². The number of carbonyl (C=O) groups is 3. The van der Waals surface area contributed by atoms with Gasteiger partial charge in [0, 0.05) is 17.7 Å². The van der Waals surface area contributed by atoms with Gasteiger partial charge in [-0.3, -0.25) is 14.4 Å². The lowest BCUT2D eigenvalue weighted by Gasteiger charge is -2.24. The molecule has 6 heteroatoms. The van der Waals surface area contributed by atoms with E-state index in [1.807, 2.05) is 54.6 Å². The molecule has 6 nitrogen and oxygen atoms in total. The predicted octanol–water partition coefficient (Wildman–Crippen LogP) is 3.62. The van der Waals surface area contributed by atoms with Crippen LogP contribution in [-0.2, 0) is 17.8 Å². The van der Waals surface area contributed by atoms with Gasteiger partial charge in [-0.2, -0.15) is 0 Å². The number of benzene rings is 3. The van der Waals surface area contributed by atoms with Gasteiger partial charge in [-0.15, -0.1) is 0 Å². The Hall–Kier alpha value is -3.93. The van der Waals surface area contributed by atoms with Crippen LogP contribution in [0, 0.1) is 5.92 Å². The summed E-state index contributed by atoms with van der Waals surface area (Å²) in [5, 5.41) is 5.65. The van der Waals surface area contributed by atoms with E-state index in [1.54, 1.807) is 25.3 Å². The lowest BCUT2D eigenvalue weighted by Crippen LogP contribution is -2.37. The molecule has 1 aliphatic rings. The summed E-state index contributed by atoms with van der Waals surface area (Å²) in [6, 6.07) is 21.6. The number of ether oxygens (including phenoxy) is 1. The molecule has 156 valence electrons. The van der Waals surface area contributed by atoms with Crippen molar-refractivity contribution in [3.05, 3.63) is 95.1 Å². The fraction of sp³-hybridized carbons (Fsp3) is 0.160. The van der Waals surface area contributed by atoms with E-state index in [2.05, 4.69) is 10.6 Å². The third-order valence-corrected chi connectivity index (χ3v) is 5.33. The molecule has 0 bridgehead atoms. The Kier molecular flexibility index (Phi) is 5.80. The third-order valence-electron chi connectivity index (χ3n) is 5.33. The van der Waals surface area contributed by atoms with Gasteiger partial charge in [0.2, 0.25) is 5.91 Å². The number of Topliss-reactive ketones (excluding diaryl/α,β-unsaturated/α-hetero) is 1. The predicted molar refractivity (Wildman–Crippen MR) is 117 cm³/mol. The van der Waals surface area contributed by atoms with Gasteiger partial charge in [-0.1, -0.05) is 42.5 Å². The summed E-state index contributed by atoms with van der Waals surface area (Å²) in [6.07, 6.45) is 0.318. The summed E-state index contributed by atoms with van der Waals surface area (Å²) in [6.45, 7) is 0.348. The summed E-state index contributed by atoms with van der Waals surface area (Å²) in [4.78, 5) is 38.2. The van der Waals surface area contributed by atoms with Gasteiger partial charge < -0.3 is 15.4 Å². The van der Waals surface area contributed by atoms with Crippen LogP contribution in [0.3, 0.4) is 0 Å². The second-order valence-corrected chi connectivity index (χ2v) is 7.39. The van der Waals surface area contributed by atoms with Crippen LogP contribution >= 0.6 is 0 Å². The van der Waals surface area contributed by atoms with E-state index in [0.29, 0.717) is 29.8 Å². The Morgan fingerprint density at radius 1 is 0.968 bits per heavy atom. The molecule has 0 aromatic heterocycles. The standard InChI is InChI=1S/C25H22N2O4/c1-31-19-10-7-17(8-11-19)15-26-24(29)18-9-12-22-20(14-18)23(28)21(25(30)27-22)13-16-5-3-2-4-6-16/h2-12,14,21H,13,15H2,1H3,(H,26,29)(H,27,30). The number of hydrogen-bond acceptors (Lipinski definition) is 4. The fourth-order valence-corrected chi connectivity index (χ4v) is 3.59. The number of anilines is 1. The molecule has 0 saturated heterocycles. The zero-order valence-corrected chi connectivity index (χ0v) is 17.1. The number of nitrogens with one attached hydrogen (secondary N) is 2. The molecule has 1 aliphatic heterocycles. The van der Waals surface area contributed by atoms with Gasteiger partial charge in [0.25, 0.3) is 5.91 Å². The van der Waals surface area contributed by atoms with E-state index in [0.717, 1.165) is 16.9 Å². The molecule has 1 unspecified atom stereocenters. The van der Waals surface area contributed by atoms with Crippen LogP contribution in [-0.4, -0.2) is 24.7 Å². The van der Waals surface area contributed by atoms with E-state index < -0.39 is 5.92 Å². The van der Waals surface area contributed by atoms with E-state index >= 15 is 0 Å². The topological polar surface area (TPSA) is 84.5 Å². The SMILES string of the molecule is COc1ccc(CNC(=O)c2ccc3c(c2)C(=O)C(Cc2ccccc2)C(=O)N3)cc1. The van der Waals surface area contributed by atoms with Crippen molar-refractivity contribution in [1.29, 1.82) is 0 Å². The lowest BCUT2D eigenvalue weighted by atomic mass is 9.86. The zero-order chi connectivity index (χ0) is 21.8. The zero-order valence-electron chi connectivity index (χ0n) is 17.1. The molecule has 3 aromatic carbocycles. The molecule has 2 amide bonds. The fourth-order valence-electron chi connectivity index (χ4n) is 3.59. The Bertz CT molecular complexity index is 1120. The molecule has 0 aliphatic carbocycles. The van der Waals surface area contributed by atoms with Crippen LogP contribution in [0.25, 0.3) is 0 Å². The van der Waals surface area contributed by atoms with E-state index in [4.69, 9.17) is 4.74 Å². The van der Waals surface area contributed by atoms with E-state index in [1.165, 1.54) is 0 Å². The number of rotatable bonds is 6. The minimum atomic E-state index is -0.812. The Balaban J connectivity index is 1.48. The summed E-state index contributed by atoms with van der Waals surface area (Å²) in [7, 11) is 1.60. The molecule has 31 heavy (non-hydrogen) atoms. The second-order valence-electron chi connectivity index (χ2n) is 7.39. The molecular formula is C25H22N2O4. The number of ketones is 1. The molecule has 4 rings (SSSR count). The van der Waals surface area contributed by atoms with E-state index in [9.17, 15) is 14.4 Å². The quantitative estimate of drug-likeness (QED) is 0.604. The number of methoxy groups -OCH3 is 1. The normalized spacial score (nSPS) is 15.1. The monoisotopic (exact) mass is 414 g/mol. The highest BCUT2D eigenvalue weighted by Gasteiger charge is 2.34. The van der Waals surface area contributed by atoms with Gasteiger partial charge >= 0.3 is 0 Å². The lowest BCUT2D eigenvalue weighted by molar-refractivity contribution is -0.118. The van der Waals surface area contributed by atoms with Crippen molar-refractivity contribution in [3.8, 4) is 5.75 Å². The number of carbonyl (C=O) groups excluding carboxylic acids is 3. The van der Waals surface area contributed by atoms with Crippen LogP contribution in [0.4, 0.5) is 5.69 Å². The maximum atomic E-state index is 13.0. The highest BCUT2D eigenvalue weighted by atomic mass is 16.5. The first-order valence-electron chi connectivity index (χ1n) is 9.99. The molecular weight excluding hydrogens is 392 g/mol. The van der Waals surface area contributed by atoms with Crippen LogP contribution in [0.2, 0.25) is 0 Å². The molecule has 1 heterocycles. The maximum Gasteiger partial charge on any atom is 0.251 e. The number of amides is 2. The average molecular weight is 414 g/mol. The summed E-state index contributed by atoms with van der Waals surface area (Å²) >= 11 is 0. The van der Waals surface area contributed by atoms with Crippen LogP contribution in [0.5, 0.6) is 5.75 Å². The second kappa shape index (κ2) is 8.83. The summed E-state index contributed by atoms with van der Waals surface area (Å²) in [5.41, 5.74) is 3.00. The Morgan fingerprint density at radius 3 is 2.42 bits per heavy atom. The Morgan fingerprint density at radius 2 is 1.71 bits per heavy atom. The van der Waals surface area contributed by atoms with Crippen molar-refractivity contribution in [1.82, 2.24) is 5.32 Å². The summed E-state index contributed by atoms with van der Waals surface area (Å²) in [5.74, 6) is -0.948. The molecule has 1 atom stereocenters. The van der Waals surface area contributed by atoms with Crippen molar-refractivity contribution in [3.63, 3.8) is 0 Å². The molecule has 0 saturated carbocycles. The van der Waals surface area contributed by atoms with Gasteiger partial charge in [-0.05, 0) is 47.9 Å². The molecule has 3 aromatic rings. The molecule has 0 radical (unpaired) electrons. The maximum absolute atomic E-state index is 13.0. The van der Waals surface area contributed by atoms with Crippen molar-refractivity contribution < 1.29 is 19.1 Å². The first kappa shape index (κ1) is 20.3. The third kappa shape index (κ3) is 4.48. The first-order chi connectivity index (χ1) is 15.0. The first-order valence-corrected chi connectivity index (χ1v) is 9.99. The van der Waals surface area contributed by atoms with Gasteiger partial charge in [0.15, 0.2) is 5.78 Å². The molecule has 0 spiro atoms. The van der Waals surface area contributed by atoms with Crippen LogP contribution in [0.1, 0.15) is 31.8 Å². The van der Waals surface area contributed by atoms with Gasteiger partial charge in [-0.25, -0.2) is 0 Å². The van der Waals surface area contributed by atoms with Crippen molar-refractivity contribution >= 4 is 23.3 Å². The molecule has 0 fully saturated rings. The van der Waals surface area contributed by atoms with Crippen LogP contribution < -0.4 is 15.4 Å². The number of fused-ring (bicyclic) bond motifs is 1. The molecule has 2 N–H and O–H groups in total. The van der Waals surface area contributed by atoms with Crippen molar-refractivity contribution in [2.24, 2.45) is 5.92 Å². The van der Waals surface area contributed by atoms with Crippen molar-refractivity contribution in [2.75, 3.05) is 12.4 Å². The number of hydrogen-bond donors (Lipinski definition) is 2. The van der Waals surface area contributed by atoms with Gasteiger partial charge in [0.1, 0.15) is 11.7 Å². The van der Waals surface area contributed by atoms with Crippen molar-refractivity contribution in [2.45, 2.75) is 13.0 Å². The highest BCUT2D eigenvalue weighted by molar-refractivity contribution is 6.21. The minimum absolute atomic E-state index is 0.271. The Labute approximate surface area is 180 Å². The summed E-state index contributed by atoms with van der Waals surface area (Å²) < 4.78 is 5.13. The average Bonchev–Trinajstić information content (AvgIpc) is 2.81. The minimum Gasteiger partial charge on any atom is -0.497 e.